The highest BCUT2D eigenvalue weighted by Crippen LogP contribution is 2.28. The first-order valence-electron chi connectivity index (χ1n) is 4.92. The number of fused-ring (bicyclic) bond motifs is 1. The molecule has 3 heteroatoms. The monoisotopic (exact) mass is 187 g/mol. The smallest absolute Gasteiger partial charge is 0.141 e. The highest BCUT2D eigenvalue weighted by atomic mass is 14.8. The van der Waals surface area contributed by atoms with Crippen molar-refractivity contribution in [3.8, 4) is 6.07 Å². The molecule has 0 aliphatic heterocycles. The molecular weight excluding hydrogens is 174 g/mol. The van der Waals surface area contributed by atoms with Crippen molar-refractivity contribution in [3.63, 3.8) is 0 Å². The Morgan fingerprint density at radius 3 is 2.57 bits per heavy atom. The topological polar surface area (TPSA) is 62.7 Å². The molecule has 0 atom stereocenters. The number of aromatic nitrogens is 1. The van der Waals surface area contributed by atoms with Crippen LogP contribution in [0.15, 0.2) is 0 Å². The van der Waals surface area contributed by atoms with Gasteiger partial charge in [0.1, 0.15) is 11.9 Å². The van der Waals surface area contributed by atoms with E-state index in [1.807, 2.05) is 6.92 Å². The Morgan fingerprint density at radius 2 is 1.93 bits per heavy atom. The number of hydrogen-bond acceptors (Lipinski definition) is 3. The zero-order valence-electron chi connectivity index (χ0n) is 8.30. The van der Waals surface area contributed by atoms with Crippen molar-refractivity contribution in [1.82, 2.24) is 4.98 Å². The number of rotatable bonds is 0. The number of pyridine rings is 1. The lowest BCUT2D eigenvalue weighted by molar-refractivity contribution is 0.676. The zero-order chi connectivity index (χ0) is 10.1. The van der Waals surface area contributed by atoms with Crippen LogP contribution >= 0.6 is 0 Å². The van der Waals surface area contributed by atoms with Gasteiger partial charge in [0.2, 0.25) is 0 Å². The van der Waals surface area contributed by atoms with Gasteiger partial charge in [0.05, 0.1) is 5.56 Å². The largest absolute Gasteiger partial charge is 0.383 e. The summed E-state index contributed by atoms with van der Waals surface area (Å²) in [5.41, 5.74) is 9.72. The number of hydrogen-bond donors (Lipinski definition) is 1. The van der Waals surface area contributed by atoms with Gasteiger partial charge in [-0.1, -0.05) is 0 Å². The zero-order valence-corrected chi connectivity index (χ0v) is 8.30. The Bertz CT molecular complexity index is 416. The van der Waals surface area contributed by atoms with E-state index in [0.29, 0.717) is 11.4 Å². The minimum Gasteiger partial charge on any atom is -0.383 e. The lowest BCUT2D eigenvalue weighted by Crippen LogP contribution is -2.11. The van der Waals surface area contributed by atoms with Crippen LogP contribution in [0.3, 0.4) is 0 Å². The lowest BCUT2D eigenvalue weighted by Gasteiger charge is -2.19. The first kappa shape index (κ1) is 9.01. The molecule has 3 nitrogen and oxygen atoms in total. The maximum atomic E-state index is 9.00. The van der Waals surface area contributed by atoms with Crippen LogP contribution in [0.25, 0.3) is 0 Å². The summed E-state index contributed by atoms with van der Waals surface area (Å²) in [4.78, 5) is 4.21. The molecule has 1 aromatic rings. The molecule has 1 aliphatic carbocycles. The summed E-state index contributed by atoms with van der Waals surface area (Å²) in [7, 11) is 0. The molecule has 0 saturated heterocycles. The van der Waals surface area contributed by atoms with E-state index in [0.717, 1.165) is 30.5 Å². The molecule has 0 unspecified atom stereocenters. The first-order chi connectivity index (χ1) is 6.74. The molecule has 72 valence electrons. The fraction of sp³-hybridized carbons (Fsp3) is 0.455. The molecule has 0 bridgehead atoms. The summed E-state index contributed by atoms with van der Waals surface area (Å²) in [6.45, 7) is 1.97. The third kappa shape index (κ3) is 1.24. The molecule has 2 rings (SSSR count). The van der Waals surface area contributed by atoms with Crippen LogP contribution in [0.2, 0.25) is 0 Å². The predicted molar refractivity (Wildman–Crippen MR) is 54.7 cm³/mol. The van der Waals surface area contributed by atoms with Gasteiger partial charge in [-0.25, -0.2) is 4.98 Å². The van der Waals surface area contributed by atoms with Gasteiger partial charge in [0, 0.05) is 5.69 Å². The van der Waals surface area contributed by atoms with E-state index in [1.54, 1.807) is 0 Å². The highest BCUT2D eigenvalue weighted by molar-refractivity contribution is 5.57. The van der Waals surface area contributed by atoms with E-state index in [2.05, 4.69) is 11.1 Å². The minimum atomic E-state index is 0.394. The molecule has 1 aromatic heterocycles. The number of anilines is 1. The Labute approximate surface area is 83.6 Å². The van der Waals surface area contributed by atoms with E-state index in [1.165, 1.54) is 12.0 Å². The first-order valence-corrected chi connectivity index (χ1v) is 4.92. The molecule has 0 fully saturated rings. The van der Waals surface area contributed by atoms with Crippen LogP contribution in [0.1, 0.15) is 35.2 Å². The summed E-state index contributed by atoms with van der Waals surface area (Å²) < 4.78 is 0. The molecule has 0 aromatic carbocycles. The molecular formula is C11H13N3. The molecule has 0 amide bonds. The van der Waals surface area contributed by atoms with Crippen LogP contribution < -0.4 is 5.73 Å². The third-order valence-corrected chi connectivity index (χ3v) is 2.86. The second kappa shape index (κ2) is 3.30. The highest BCUT2D eigenvalue weighted by Gasteiger charge is 2.18. The normalized spacial score (nSPS) is 14.6. The van der Waals surface area contributed by atoms with Crippen LogP contribution in [0, 0.1) is 18.3 Å². The van der Waals surface area contributed by atoms with Gasteiger partial charge < -0.3 is 5.73 Å². The fourth-order valence-electron chi connectivity index (χ4n) is 2.16. The maximum absolute atomic E-state index is 9.00. The van der Waals surface area contributed by atoms with Crippen molar-refractivity contribution in [2.45, 2.75) is 32.6 Å². The summed E-state index contributed by atoms with van der Waals surface area (Å²) in [5.74, 6) is 0.394. The maximum Gasteiger partial charge on any atom is 0.141 e. The predicted octanol–water partition coefficient (Wildman–Crippen LogP) is 1.72. The number of nitrogens with zero attached hydrogens (tertiary/aromatic N) is 2. The van der Waals surface area contributed by atoms with Gasteiger partial charge in [0.15, 0.2) is 0 Å². The van der Waals surface area contributed by atoms with Gasteiger partial charge in [-0.3, -0.25) is 0 Å². The van der Waals surface area contributed by atoms with E-state index >= 15 is 0 Å². The quantitative estimate of drug-likeness (QED) is 0.672. The van der Waals surface area contributed by atoms with E-state index < -0.39 is 0 Å². The van der Waals surface area contributed by atoms with E-state index in [9.17, 15) is 0 Å². The number of nitrogens with two attached hydrogens (primary N) is 1. The van der Waals surface area contributed by atoms with E-state index in [-0.39, 0.29) is 0 Å². The van der Waals surface area contributed by atoms with Gasteiger partial charge in [-0.05, 0) is 43.7 Å². The lowest BCUT2D eigenvalue weighted by atomic mass is 9.88. The van der Waals surface area contributed by atoms with Crippen molar-refractivity contribution in [2.75, 3.05) is 5.73 Å². The van der Waals surface area contributed by atoms with Crippen molar-refractivity contribution < 1.29 is 0 Å². The van der Waals surface area contributed by atoms with Crippen LogP contribution in [-0.4, -0.2) is 4.98 Å². The standard InChI is InChI=1S/C11H13N3/c1-7-8-4-2-3-5-9(8)10(6-12)11(13)14-7/h2-5H2,1H3,(H2,13,14). The average molecular weight is 187 g/mol. The van der Waals surface area contributed by atoms with Crippen molar-refractivity contribution in [3.05, 3.63) is 22.4 Å². The molecule has 0 radical (unpaired) electrons. The van der Waals surface area contributed by atoms with Crippen LogP contribution in [-0.2, 0) is 12.8 Å². The van der Waals surface area contributed by atoms with Gasteiger partial charge in [-0.2, -0.15) is 5.26 Å². The molecule has 0 saturated carbocycles. The SMILES string of the molecule is Cc1nc(N)c(C#N)c2c1CCCC2. The average Bonchev–Trinajstić information content (AvgIpc) is 2.18. The van der Waals surface area contributed by atoms with Crippen molar-refractivity contribution in [1.29, 1.82) is 5.26 Å². The minimum absolute atomic E-state index is 0.394. The van der Waals surface area contributed by atoms with Crippen LogP contribution in [0.4, 0.5) is 5.82 Å². The number of aryl methyl sites for hydroxylation is 1. The van der Waals surface area contributed by atoms with E-state index in [4.69, 9.17) is 11.0 Å². The summed E-state index contributed by atoms with van der Waals surface area (Å²) in [6.07, 6.45) is 4.38. The molecule has 0 spiro atoms. The second-order valence-electron chi connectivity index (χ2n) is 3.73. The third-order valence-electron chi connectivity index (χ3n) is 2.86. The Hall–Kier alpha value is -1.56. The Morgan fingerprint density at radius 1 is 1.29 bits per heavy atom. The molecule has 14 heavy (non-hydrogen) atoms. The molecule has 1 heterocycles. The van der Waals surface area contributed by atoms with Crippen molar-refractivity contribution >= 4 is 5.82 Å². The fourth-order valence-corrected chi connectivity index (χ4v) is 2.16. The second-order valence-corrected chi connectivity index (χ2v) is 3.73. The molecule has 2 N–H and O–H groups in total. The summed E-state index contributed by atoms with van der Waals surface area (Å²) in [5, 5.41) is 9.00. The number of nitrogen functional groups attached to an aromatic ring is 1. The Kier molecular flexibility index (Phi) is 2.12. The van der Waals surface area contributed by atoms with Crippen molar-refractivity contribution in [2.24, 2.45) is 0 Å². The van der Waals surface area contributed by atoms with Gasteiger partial charge in [0.25, 0.3) is 0 Å². The summed E-state index contributed by atoms with van der Waals surface area (Å²) in [6, 6.07) is 2.16. The Balaban J connectivity index is 2.69. The number of nitriles is 1. The van der Waals surface area contributed by atoms with Gasteiger partial charge in [-0.15, -0.1) is 0 Å². The summed E-state index contributed by atoms with van der Waals surface area (Å²) >= 11 is 0. The van der Waals surface area contributed by atoms with Crippen LogP contribution in [0.5, 0.6) is 0 Å². The van der Waals surface area contributed by atoms with Gasteiger partial charge >= 0.3 is 0 Å². The molecule has 1 aliphatic rings.